The van der Waals surface area contributed by atoms with Gasteiger partial charge in [-0.3, -0.25) is 0 Å². The molecule has 156 valence electrons. The van der Waals surface area contributed by atoms with Gasteiger partial charge >= 0.3 is 11.9 Å². The summed E-state index contributed by atoms with van der Waals surface area (Å²) in [4.78, 5) is 23.5. The van der Waals surface area contributed by atoms with Gasteiger partial charge in [0.05, 0.1) is 5.02 Å². The van der Waals surface area contributed by atoms with Crippen LogP contribution in [0.15, 0.2) is 50.2 Å². The Morgan fingerprint density at radius 3 is 1.97 bits per heavy atom. The normalized spacial score (nSPS) is 10.8. The lowest BCUT2D eigenvalue weighted by Crippen LogP contribution is -1.93. The molecule has 4 nitrogen and oxygen atoms in total. The highest BCUT2D eigenvalue weighted by Crippen LogP contribution is 2.39. The molecule has 0 radical (unpaired) electrons. The van der Waals surface area contributed by atoms with Gasteiger partial charge in [-0.05, 0) is 30.0 Å². The van der Waals surface area contributed by atoms with Gasteiger partial charge in [0.1, 0.15) is 9.75 Å². The van der Waals surface area contributed by atoms with Gasteiger partial charge in [0.2, 0.25) is 0 Å². The summed E-state index contributed by atoms with van der Waals surface area (Å²) in [6.45, 7) is 2.03. The highest BCUT2D eigenvalue weighted by molar-refractivity contribution is 9.10. The second kappa shape index (κ2) is 10.0. The molecule has 2 heterocycles. The lowest BCUT2D eigenvalue weighted by molar-refractivity contribution is 0.0689. The largest absolute Gasteiger partial charge is 0.477 e. The van der Waals surface area contributed by atoms with E-state index in [1.165, 1.54) is 22.7 Å². The molecule has 4 rings (SSSR count). The highest BCUT2D eigenvalue weighted by Gasteiger charge is 2.18. The van der Waals surface area contributed by atoms with Crippen molar-refractivity contribution in [2.24, 2.45) is 0 Å². The quantitative estimate of drug-likeness (QED) is 0.227. The third kappa shape index (κ3) is 5.03. The van der Waals surface area contributed by atoms with E-state index in [1.807, 2.05) is 43.3 Å². The predicted molar refractivity (Wildman–Crippen MR) is 134 cm³/mol. The molecule has 30 heavy (non-hydrogen) atoms. The number of benzene rings is 2. The minimum absolute atomic E-state index is 0.194. The van der Waals surface area contributed by atoms with Crippen molar-refractivity contribution < 1.29 is 19.8 Å². The van der Waals surface area contributed by atoms with Gasteiger partial charge in [-0.25, -0.2) is 9.59 Å². The van der Waals surface area contributed by atoms with Crippen molar-refractivity contribution in [2.75, 3.05) is 5.75 Å². The van der Waals surface area contributed by atoms with Crippen molar-refractivity contribution in [1.29, 1.82) is 0 Å². The molecular weight excluding hydrogens is 596 g/mol. The maximum Gasteiger partial charge on any atom is 0.347 e. The monoisotopic (exact) mass is 606 g/mol. The van der Waals surface area contributed by atoms with Crippen molar-refractivity contribution in [1.82, 2.24) is 0 Å². The van der Waals surface area contributed by atoms with Crippen molar-refractivity contribution in [2.45, 2.75) is 11.8 Å². The summed E-state index contributed by atoms with van der Waals surface area (Å²) in [6.07, 6.45) is 0. The smallest absolute Gasteiger partial charge is 0.347 e. The summed E-state index contributed by atoms with van der Waals surface area (Å²) < 4.78 is 3.79. The maximum atomic E-state index is 11.1. The molecule has 0 aliphatic rings. The van der Waals surface area contributed by atoms with Crippen LogP contribution in [0.2, 0.25) is 5.02 Å². The second-order valence-electron chi connectivity index (χ2n) is 5.83. The molecule has 0 amide bonds. The fourth-order valence-electron chi connectivity index (χ4n) is 2.65. The minimum Gasteiger partial charge on any atom is -0.477 e. The number of hydrogen-bond acceptors (Lipinski definition) is 5. The Kier molecular flexibility index (Phi) is 7.86. The van der Waals surface area contributed by atoms with Crippen LogP contribution in [-0.4, -0.2) is 27.9 Å². The fraction of sp³-hybridized carbons (Fsp3) is 0.100. The molecule has 2 N–H and O–H groups in total. The molecule has 0 unspecified atom stereocenters. The summed E-state index contributed by atoms with van der Waals surface area (Å²) in [6, 6.07) is 11.4. The van der Waals surface area contributed by atoms with Crippen LogP contribution < -0.4 is 0 Å². The number of rotatable bonds is 4. The maximum absolute atomic E-state index is 11.1. The average molecular weight is 609 g/mol. The summed E-state index contributed by atoms with van der Waals surface area (Å²) in [7, 11) is 0. The third-order valence-corrected chi connectivity index (χ3v) is 8.78. The van der Waals surface area contributed by atoms with Crippen molar-refractivity contribution >= 4 is 110 Å². The zero-order chi connectivity index (χ0) is 22.0. The SMILES string of the molecule is CCSc1c(C(=O)O)sc2cc(Br)ccc12.O=C(O)c1sc2cc(Br)ccc2c1Cl. The Morgan fingerprint density at radius 1 is 0.933 bits per heavy atom. The number of carboxylic acid groups (broad SMARTS) is 2. The first-order valence-electron chi connectivity index (χ1n) is 8.41. The van der Waals surface area contributed by atoms with E-state index in [2.05, 4.69) is 31.9 Å². The molecule has 2 aromatic carbocycles. The van der Waals surface area contributed by atoms with Crippen LogP contribution in [0.4, 0.5) is 0 Å². The molecule has 0 bridgehead atoms. The Balaban J connectivity index is 0.000000172. The van der Waals surface area contributed by atoms with Gasteiger partial charge in [-0.1, -0.05) is 62.5 Å². The van der Waals surface area contributed by atoms with Crippen LogP contribution in [0.5, 0.6) is 0 Å². The van der Waals surface area contributed by atoms with Crippen molar-refractivity contribution in [3.63, 3.8) is 0 Å². The molecule has 4 aromatic rings. The van der Waals surface area contributed by atoms with Crippen molar-refractivity contribution in [3.05, 3.63) is 60.1 Å². The Hall–Kier alpha value is -1.10. The lowest BCUT2D eigenvalue weighted by Gasteiger charge is -1.98. The average Bonchev–Trinajstić information content (AvgIpc) is 3.20. The topological polar surface area (TPSA) is 74.6 Å². The predicted octanol–water partition coefficient (Wildman–Crippen LogP) is 8.49. The zero-order valence-electron chi connectivity index (χ0n) is 15.2. The molecule has 0 atom stereocenters. The van der Waals surface area contributed by atoms with E-state index < -0.39 is 11.9 Å². The number of halogens is 3. The summed E-state index contributed by atoms with van der Waals surface area (Å²) >= 11 is 16.7. The highest BCUT2D eigenvalue weighted by atomic mass is 79.9. The van der Waals surface area contributed by atoms with Crippen LogP contribution in [0, 0.1) is 0 Å². The number of carboxylic acids is 2. The number of carbonyl (C=O) groups is 2. The fourth-order valence-corrected chi connectivity index (χ4v) is 7.25. The van der Waals surface area contributed by atoms with Crippen LogP contribution in [0.25, 0.3) is 20.2 Å². The second-order valence-corrected chi connectivity index (χ2v) is 11.4. The molecule has 0 saturated heterocycles. The van der Waals surface area contributed by atoms with Gasteiger partial charge < -0.3 is 10.2 Å². The zero-order valence-corrected chi connectivity index (χ0v) is 21.6. The summed E-state index contributed by atoms with van der Waals surface area (Å²) in [5.74, 6) is -0.942. The van der Waals surface area contributed by atoms with E-state index >= 15 is 0 Å². The van der Waals surface area contributed by atoms with E-state index in [0.717, 1.165) is 39.8 Å². The summed E-state index contributed by atoms with van der Waals surface area (Å²) in [5, 5.41) is 20.2. The van der Waals surface area contributed by atoms with E-state index in [9.17, 15) is 9.59 Å². The van der Waals surface area contributed by atoms with Gasteiger partial charge in [0.25, 0.3) is 0 Å². The van der Waals surface area contributed by atoms with Gasteiger partial charge in [-0.15, -0.1) is 34.4 Å². The molecule has 0 aliphatic heterocycles. The van der Waals surface area contributed by atoms with Gasteiger partial charge in [0.15, 0.2) is 0 Å². The molecular formula is C20H13Br2ClO4S3. The number of hydrogen-bond donors (Lipinski definition) is 2. The Morgan fingerprint density at radius 2 is 1.43 bits per heavy atom. The van der Waals surface area contributed by atoms with Crippen LogP contribution in [-0.2, 0) is 0 Å². The molecule has 0 aliphatic carbocycles. The van der Waals surface area contributed by atoms with Gasteiger partial charge in [0, 0.05) is 34.0 Å². The number of aromatic carboxylic acids is 2. The molecule has 2 aromatic heterocycles. The first-order chi connectivity index (χ1) is 14.2. The van der Waals surface area contributed by atoms with E-state index in [-0.39, 0.29) is 4.88 Å². The number of thiophene rings is 2. The van der Waals surface area contributed by atoms with Crippen LogP contribution >= 0.6 is 77.9 Å². The molecule has 0 saturated carbocycles. The summed E-state index contributed by atoms with van der Waals surface area (Å²) in [5.41, 5.74) is 0. The molecule has 0 spiro atoms. The Bertz CT molecular complexity index is 1270. The molecule has 10 heteroatoms. The number of thioether (sulfide) groups is 1. The van der Waals surface area contributed by atoms with Crippen LogP contribution in [0.1, 0.15) is 26.3 Å². The first kappa shape index (κ1) is 23.6. The standard InChI is InChI=1S/C11H9BrO2S2.C9H4BrClO2S/c1-2-15-9-7-4-3-6(12)5-8(7)16-10(9)11(13)14;10-4-1-2-5-6(3-4)14-8(7(5)11)9(12)13/h3-5H,2H2,1H3,(H,13,14);1-3H,(H,12,13). The third-order valence-electron chi connectivity index (χ3n) is 3.88. The molecule has 0 fully saturated rings. The lowest BCUT2D eigenvalue weighted by atomic mass is 10.2. The van der Waals surface area contributed by atoms with E-state index in [4.69, 9.17) is 21.8 Å². The first-order valence-corrected chi connectivity index (χ1v) is 13.0. The van der Waals surface area contributed by atoms with Crippen LogP contribution in [0.3, 0.4) is 0 Å². The van der Waals surface area contributed by atoms with E-state index in [1.54, 1.807) is 11.8 Å². The van der Waals surface area contributed by atoms with Gasteiger partial charge in [-0.2, -0.15) is 0 Å². The van der Waals surface area contributed by atoms with E-state index in [0.29, 0.717) is 9.90 Å². The Labute approximate surface area is 206 Å². The number of fused-ring (bicyclic) bond motifs is 2. The van der Waals surface area contributed by atoms with Crippen molar-refractivity contribution in [3.8, 4) is 0 Å². The minimum atomic E-state index is -0.979.